The van der Waals surface area contributed by atoms with Crippen LogP contribution >= 0.6 is 11.6 Å². The molecule has 118 valence electrons. The maximum absolute atomic E-state index is 12.2. The quantitative estimate of drug-likeness (QED) is 0.626. The molecule has 3 nitrogen and oxygen atoms in total. The van der Waals surface area contributed by atoms with E-state index < -0.39 is 0 Å². The van der Waals surface area contributed by atoms with Gasteiger partial charge in [-0.3, -0.25) is 4.79 Å². The number of ketones is 1. The van der Waals surface area contributed by atoms with Crippen molar-refractivity contribution in [1.82, 2.24) is 0 Å². The largest absolute Gasteiger partial charge is 0.378 e. The molecule has 1 aliphatic rings. The highest BCUT2D eigenvalue weighted by atomic mass is 35.5. The monoisotopic (exact) mass is 327 g/mol. The molecule has 1 heterocycles. The highest BCUT2D eigenvalue weighted by molar-refractivity contribution is 6.30. The van der Waals surface area contributed by atoms with Crippen molar-refractivity contribution in [1.29, 1.82) is 0 Å². The van der Waals surface area contributed by atoms with E-state index >= 15 is 0 Å². The molecule has 0 N–H and O–H groups in total. The number of anilines is 1. The van der Waals surface area contributed by atoms with Gasteiger partial charge in [-0.2, -0.15) is 0 Å². The first kappa shape index (κ1) is 15.8. The lowest BCUT2D eigenvalue weighted by molar-refractivity contribution is 0.104. The number of hydrogen-bond acceptors (Lipinski definition) is 3. The number of hydrogen-bond donors (Lipinski definition) is 0. The zero-order valence-corrected chi connectivity index (χ0v) is 13.5. The highest BCUT2D eigenvalue weighted by Crippen LogP contribution is 2.18. The number of benzene rings is 2. The van der Waals surface area contributed by atoms with Crippen LogP contribution in [0.2, 0.25) is 5.02 Å². The van der Waals surface area contributed by atoms with Crippen LogP contribution in [-0.2, 0) is 4.74 Å². The lowest BCUT2D eigenvalue weighted by Crippen LogP contribution is -2.36. The summed E-state index contributed by atoms with van der Waals surface area (Å²) in [5, 5.41) is 0.662. The summed E-state index contributed by atoms with van der Waals surface area (Å²) in [5.74, 6) is -0.0153. The first-order chi connectivity index (χ1) is 11.2. The summed E-state index contributed by atoms with van der Waals surface area (Å²) in [6.45, 7) is 3.29. The third-order valence-corrected chi connectivity index (χ3v) is 4.04. The molecular weight excluding hydrogens is 310 g/mol. The van der Waals surface area contributed by atoms with Gasteiger partial charge in [0.2, 0.25) is 0 Å². The maximum Gasteiger partial charge on any atom is 0.185 e. The van der Waals surface area contributed by atoms with Crippen LogP contribution < -0.4 is 4.90 Å². The van der Waals surface area contributed by atoms with Gasteiger partial charge in [-0.15, -0.1) is 0 Å². The third kappa shape index (κ3) is 4.21. The molecule has 1 fully saturated rings. The predicted octanol–water partition coefficient (Wildman–Crippen LogP) is 4.07. The number of nitrogens with zero attached hydrogens (tertiary/aromatic N) is 1. The molecule has 4 heteroatoms. The summed E-state index contributed by atoms with van der Waals surface area (Å²) >= 11 is 5.94. The average Bonchev–Trinajstić information content (AvgIpc) is 2.61. The van der Waals surface area contributed by atoms with Crippen molar-refractivity contribution in [3.8, 4) is 0 Å². The van der Waals surface area contributed by atoms with Crippen LogP contribution in [0.1, 0.15) is 15.9 Å². The molecule has 0 radical (unpaired) electrons. The fraction of sp³-hybridized carbons (Fsp3) is 0.211. The van der Waals surface area contributed by atoms with Crippen LogP contribution in [0.25, 0.3) is 6.08 Å². The lowest BCUT2D eigenvalue weighted by Gasteiger charge is -2.28. The molecule has 0 aliphatic carbocycles. The summed E-state index contributed by atoms with van der Waals surface area (Å²) in [7, 11) is 0. The minimum Gasteiger partial charge on any atom is -0.378 e. The van der Waals surface area contributed by atoms with Crippen molar-refractivity contribution in [2.45, 2.75) is 0 Å². The number of allylic oxidation sites excluding steroid dienone is 1. The van der Waals surface area contributed by atoms with E-state index in [1.54, 1.807) is 12.2 Å². The second-order valence-electron chi connectivity index (χ2n) is 5.40. The Kier molecular flexibility index (Phi) is 5.11. The van der Waals surface area contributed by atoms with Gasteiger partial charge in [-0.1, -0.05) is 29.8 Å². The molecule has 0 atom stereocenters. The fourth-order valence-corrected chi connectivity index (χ4v) is 2.74. The van der Waals surface area contributed by atoms with E-state index in [1.165, 1.54) is 0 Å². The van der Waals surface area contributed by atoms with Crippen LogP contribution in [0.15, 0.2) is 54.6 Å². The molecule has 1 saturated heterocycles. The Morgan fingerprint density at radius 1 is 1.09 bits per heavy atom. The van der Waals surface area contributed by atoms with Crippen LogP contribution in [-0.4, -0.2) is 32.1 Å². The second-order valence-corrected chi connectivity index (χ2v) is 5.84. The molecule has 0 spiro atoms. The van der Waals surface area contributed by atoms with Crippen molar-refractivity contribution in [3.05, 3.63) is 70.8 Å². The van der Waals surface area contributed by atoms with E-state index in [0.29, 0.717) is 10.6 Å². The lowest BCUT2D eigenvalue weighted by atomic mass is 10.1. The Balaban J connectivity index is 1.67. The molecule has 0 saturated carbocycles. The average molecular weight is 328 g/mol. The van der Waals surface area contributed by atoms with Gasteiger partial charge in [0.05, 0.1) is 13.2 Å². The minimum absolute atomic E-state index is 0.0153. The van der Waals surface area contributed by atoms with E-state index in [9.17, 15) is 4.79 Å². The SMILES string of the molecule is O=C(/C=C/c1cccc(Cl)c1)c1ccc(N2CCOCC2)cc1. The van der Waals surface area contributed by atoms with Gasteiger partial charge in [-0.25, -0.2) is 0 Å². The normalized spacial score (nSPS) is 15.1. The zero-order chi connectivity index (χ0) is 16.1. The van der Waals surface area contributed by atoms with Crippen LogP contribution in [0.3, 0.4) is 0 Å². The Morgan fingerprint density at radius 3 is 2.52 bits per heavy atom. The maximum atomic E-state index is 12.2. The number of halogens is 1. The molecule has 0 unspecified atom stereocenters. The first-order valence-electron chi connectivity index (χ1n) is 7.63. The Labute approximate surface area is 141 Å². The van der Waals surface area contributed by atoms with Crippen molar-refractivity contribution >= 4 is 29.1 Å². The van der Waals surface area contributed by atoms with Crippen molar-refractivity contribution in [3.63, 3.8) is 0 Å². The van der Waals surface area contributed by atoms with E-state index in [0.717, 1.165) is 37.6 Å². The van der Waals surface area contributed by atoms with Gasteiger partial charge in [0.25, 0.3) is 0 Å². The van der Waals surface area contributed by atoms with Crippen molar-refractivity contribution in [2.75, 3.05) is 31.2 Å². The number of carbonyl (C=O) groups is 1. The summed E-state index contributed by atoms with van der Waals surface area (Å²) < 4.78 is 5.35. The number of carbonyl (C=O) groups excluding carboxylic acids is 1. The molecular formula is C19H18ClNO2. The van der Waals surface area contributed by atoms with Crippen LogP contribution in [0.5, 0.6) is 0 Å². The van der Waals surface area contributed by atoms with Gasteiger partial charge in [-0.05, 0) is 48.0 Å². The van der Waals surface area contributed by atoms with Gasteiger partial charge >= 0.3 is 0 Å². The van der Waals surface area contributed by atoms with Crippen molar-refractivity contribution < 1.29 is 9.53 Å². The van der Waals surface area contributed by atoms with Gasteiger partial charge in [0.1, 0.15) is 0 Å². The Hall–Kier alpha value is -2.10. The van der Waals surface area contributed by atoms with E-state index in [2.05, 4.69) is 4.90 Å². The second kappa shape index (κ2) is 7.44. The highest BCUT2D eigenvalue weighted by Gasteiger charge is 2.11. The van der Waals surface area contributed by atoms with Crippen LogP contribution in [0.4, 0.5) is 5.69 Å². The topological polar surface area (TPSA) is 29.5 Å². The molecule has 0 bridgehead atoms. The minimum atomic E-state index is -0.0153. The summed E-state index contributed by atoms with van der Waals surface area (Å²) in [4.78, 5) is 14.5. The number of morpholine rings is 1. The summed E-state index contributed by atoms with van der Waals surface area (Å²) in [6, 6.07) is 15.1. The van der Waals surface area contributed by atoms with Gasteiger partial charge < -0.3 is 9.64 Å². The number of rotatable bonds is 4. The first-order valence-corrected chi connectivity index (χ1v) is 8.01. The molecule has 0 aromatic heterocycles. The molecule has 0 amide bonds. The summed E-state index contributed by atoms with van der Waals surface area (Å²) in [5.41, 5.74) is 2.72. The molecule has 2 aromatic rings. The standard InChI is InChI=1S/C19H18ClNO2/c20-17-3-1-2-15(14-17)4-9-19(22)16-5-7-18(8-6-16)21-10-12-23-13-11-21/h1-9,14H,10-13H2/b9-4+. The predicted molar refractivity (Wildman–Crippen MR) is 94.3 cm³/mol. The van der Waals surface area contributed by atoms with Gasteiger partial charge in [0, 0.05) is 29.4 Å². The summed E-state index contributed by atoms with van der Waals surface area (Å²) in [6.07, 6.45) is 3.36. The third-order valence-electron chi connectivity index (χ3n) is 3.80. The molecule has 1 aliphatic heterocycles. The van der Waals surface area contributed by atoms with E-state index in [-0.39, 0.29) is 5.78 Å². The molecule has 3 rings (SSSR count). The molecule has 2 aromatic carbocycles. The Morgan fingerprint density at radius 2 is 1.83 bits per heavy atom. The fourth-order valence-electron chi connectivity index (χ4n) is 2.54. The smallest absolute Gasteiger partial charge is 0.185 e. The van der Waals surface area contributed by atoms with Gasteiger partial charge in [0.15, 0.2) is 5.78 Å². The number of ether oxygens (including phenoxy) is 1. The zero-order valence-electron chi connectivity index (χ0n) is 12.7. The molecule has 23 heavy (non-hydrogen) atoms. The van der Waals surface area contributed by atoms with Crippen molar-refractivity contribution in [2.24, 2.45) is 0 Å². The Bertz CT molecular complexity index is 704. The van der Waals surface area contributed by atoms with Crippen LogP contribution in [0, 0.1) is 0 Å². The van der Waals surface area contributed by atoms with E-state index in [4.69, 9.17) is 16.3 Å². The van der Waals surface area contributed by atoms with E-state index in [1.807, 2.05) is 48.5 Å².